The number of carbonyl (C=O) groups is 1. The lowest BCUT2D eigenvalue weighted by molar-refractivity contribution is 0.0945. The summed E-state index contributed by atoms with van der Waals surface area (Å²) in [5.74, 6) is -0.751. The predicted molar refractivity (Wildman–Crippen MR) is 68.2 cm³/mol. The van der Waals surface area contributed by atoms with Gasteiger partial charge in [0.1, 0.15) is 5.82 Å². The van der Waals surface area contributed by atoms with Gasteiger partial charge >= 0.3 is 0 Å². The molecule has 5 heteroatoms. The van der Waals surface area contributed by atoms with Gasteiger partial charge in [-0.1, -0.05) is 6.92 Å². The average Bonchev–Trinajstić information content (AvgIpc) is 2.99. The third-order valence-corrected chi connectivity index (χ3v) is 3.77. The third kappa shape index (κ3) is 2.77. The van der Waals surface area contributed by atoms with Crippen LogP contribution < -0.4 is 11.1 Å². The van der Waals surface area contributed by atoms with E-state index in [1.54, 1.807) is 0 Å². The number of amides is 1. The third-order valence-electron chi connectivity index (χ3n) is 3.11. The number of benzene rings is 1. The lowest BCUT2D eigenvalue weighted by Gasteiger charge is -2.11. The highest BCUT2D eigenvalue weighted by molar-refractivity contribution is 9.10. The van der Waals surface area contributed by atoms with E-state index in [-0.39, 0.29) is 17.0 Å². The van der Waals surface area contributed by atoms with E-state index >= 15 is 0 Å². The van der Waals surface area contributed by atoms with Crippen LogP contribution in [0.3, 0.4) is 0 Å². The highest BCUT2D eigenvalue weighted by Gasteiger charge is 2.37. The van der Waals surface area contributed by atoms with Crippen LogP contribution in [-0.2, 0) is 0 Å². The lowest BCUT2D eigenvalue weighted by Crippen LogP contribution is -2.29. The second-order valence-corrected chi connectivity index (χ2v) is 5.70. The lowest BCUT2D eigenvalue weighted by atomic mass is 10.1. The van der Waals surface area contributed by atoms with E-state index in [2.05, 4.69) is 28.2 Å². The van der Waals surface area contributed by atoms with Crippen LogP contribution in [0.15, 0.2) is 16.6 Å². The van der Waals surface area contributed by atoms with E-state index < -0.39 is 5.82 Å². The van der Waals surface area contributed by atoms with Gasteiger partial charge in [0.2, 0.25) is 0 Å². The summed E-state index contributed by atoms with van der Waals surface area (Å²) in [5, 5.41) is 2.84. The summed E-state index contributed by atoms with van der Waals surface area (Å²) in [6, 6.07) is 2.56. The van der Waals surface area contributed by atoms with E-state index in [9.17, 15) is 9.18 Å². The largest absolute Gasteiger partial charge is 0.396 e. The number of halogens is 2. The number of carbonyl (C=O) groups excluding carboxylic acids is 1. The first-order valence-corrected chi connectivity index (χ1v) is 6.23. The first kappa shape index (κ1) is 12.4. The number of hydrogen-bond donors (Lipinski definition) is 2. The van der Waals surface area contributed by atoms with Crippen LogP contribution in [0.1, 0.15) is 30.1 Å². The topological polar surface area (TPSA) is 55.1 Å². The summed E-state index contributed by atoms with van der Waals surface area (Å²) in [5.41, 5.74) is 6.04. The Hall–Kier alpha value is -1.10. The van der Waals surface area contributed by atoms with Crippen molar-refractivity contribution in [1.29, 1.82) is 0 Å². The molecular weight excluding hydrogens is 287 g/mol. The standard InChI is InChI=1S/C12H14BrFN2O/c1-12(2-3-12)6-16-11(17)7-4-10(15)9(14)5-8(7)13/h4-5H,2-3,6,15H2,1H3,(H,16,17). The van der Waals surface area contributed by atoms with Crippen LogP contribution in [0.25, 0.3) is 0 Å². The second kappa shape index (κ2) is 4.29. The SMILES string of the molecule is CC1(CNC(=O)c2cc(N)c(F)cc2Br)CC1. The normalized spacial score (nSPS) is 16.6. The smallest absolute Gasteiger partial charge is 0.252 e. The molecule has 0 aromatic heterocycles. The molecule has 0 aliphatic heterocycles. The molecular formula is C12H14BrFN2O. The van der Waals surface area contributed by atoms with Crippen LogP contribution in [0.5, 0.6) is 0 Å². The Morgan fingerprint density at radius 1 is 1.59 bits per heavy atom. The Labute approximate surface area is 108 Å². The summed E-state index contributed by atoms with van der Waals surface area (Å²) in [4.78, 5) is 11.9. The zero-order valence-electron chi connectivity index (χ0n) is 9.52. The van der Waals surface area contributed by atoms with Gasteiger partial charge < -0.3 is 11.1 Å². The molecule has 1 amide bonds. The van der Waals surface area contributed by atoms with Crippen molar-refractivity contribution in [2.24, 2.45) is 5.41 Å². The van der Waals surface area contributed by atoms with Gasteiger partial charge in [-0.05, 0) is 46.3 Å². The van der Waals surface area contributed by atoms with Crippen molar-refractivity contribution in [3.8, 4) is 0 Å². The summed E-state index contributed by atoms with van der Waals surface area (Å²) in [6.07, 6.45) is 2.28. The Bertz CT molecular complexity index is 472. The van der Waals surface area contributed by atoms with E-state index in [0.717, 1.165) is 12.8 Å². The molecule has 1 aliphatic rings. The fourth-order valence-corrected chi connectivity index (χ4v) is 2.01. The second-order valence-electron chi connectivity index (χ2n) is 4.85. The molecule has 17 heavy (non-hydrogen) atoms. The summed E-state index contributed by atoms with van der Waals surface area (Å²) >= 11 is 3.16. The molecule has 1 fully saturated rings. The average molecular weight is 301 g/mol. The molecule has 0 bridgehead atoms. The fourth-order valence-electron chi connectivity index (χ4n) is 1.52. The molecule has 1 aliphatic carbocycles. The van der Waals surface area contributed by atoms with Gasteiger partial charge in [0.15, 0.2) is 0 Å². The van der Waals surface area contributed by atoms with E-state index in [1.807, 2.05) is 0 Å². The minimum Gasteiger partial charge on any atom is -0.396 e. The maximum absolute atomic E-state index is 13.1. The van der Waals surface area contributed by atoms with Gasteiger partial charge in [0.05, 0.1) is 11.3 Å². The Kier molecular flexibility index (Phi) is 3.12. The van der Waals surface area contributed by atoms with Crippen molar-refractivity contribution in [3.05, 3.63) is 28.0 Å². The summed E-state index contributed by atoms with van der Waals surface area (Å²) in [6.45, 7) is 2.77. The van der Waals surface area contributed by atoms with Gasteiger partial charge in [-0.15, -0.1) is 0 Å². The molecule has 0 radical (unpaired) electrons. The maximum atomic E-state index is 13.1. The van der Waals surface area contributed by atoms with E-state index in [1.165, 1.54) is 12.1 Å². The first-order chi connectivity index (χ1) is 7.91. The van der Waals surface area contributed by atoms with Crippen LogP contribution >= 0.6 is 15.9 Å². The predicted octanol–water partition coefficient (Wildman–Crippen LogP) is 2.70. The minimum atomic E-state index is -0.525. The molecule has 0 atom stereocenters. The highest BCUT2D eigenvalue weighted by atomic mass is 79.9. The number of anilines is 1. The van der Waals surface area contributed by atoms with Gasteiger partial charge in [0, 0.05) is 11.0 Å². The molecule has 0 heterocycles. The molecule has 0 saturated heterocycles. The van der Waals surface area contributed by atoms with Crippen molar-refractivity contribution in [2.45, 2.75) is 19.8 Å². The van der Waals surface area contributed by atoms with Crippen molar-refractivity contribution in [3.63, 3.8) is 0 Å². The zero-order chi connectivity index (χ0) is 12.6. The summed E-state index contributed by atoms with van der Waals surface area (Å²) in [7, 11) is 0. The molecule has 1 aromatic carbocycles. The van der Waals surface area contributed by atoms with Crippen LogP contribution in [0.4, 0.5) is 10.1 Å². The van der Waals surface area contributed by atoms with Gasteiger partial charge in [-0.25, -0.2) is 4.39 Å². The number of nitrogens with one attached hydrogen (secondary N) is 1. The molecule has 2 rings (SSSR count). The zero-order valence-corrected chi connectivity index (χ0v) is 11.1. The number of rotatable bonds is 3. The van der Waals surface area contributed by atoms with Gasteiger partial charge in [0.25, 0.3) is 5.91 Å². The fraction of sp³-hybridized carbons (Fsp3) is 0.417. The quantitative estimate of drug-likeness (QED) is 0.843. The van der Waals surface area contributed by atoms with Gasteiger partial charge in [-0.2, -0.15) is 0 Å². The Balaban J connectivity index is 2.10. The van der Waals surface area contributed by atoms with E-state index in [4.69, 9.17) is 5.73 Å². The Morgan fingerprint density at radius 3 is 2.82 bits per heavy atom. The van der Waals surface area contributed by atoms with Crippen LogP contribution in [0.2, 0.25) is 0 Å². The van der Waals surface area contributed by atoms with Crippen LogP contribution in [0, 0.1) is 11.2 Å². The van der Waals surface area contributed by atoms with Crippen molar-refractivity contribution in [2.75, 3.05) is 12.3 Å². The van der Waals surface area contributed by atoms with Crippen LogP contribution in [-0.4, -0.2) is 12.5 Å². The molecule has 1 saturated carbocycles. The number of nitrogens with two attached hydrogens (primary N) is 1. The maximum Gasteiger partial charge on any atom is 0.252 e. The summed E-state index contributed by atoms with van der Waals surface area (Å²) < 4.78 is 13.5. The van der Waals surface area contributed by atoms with Gasteiger partial charge in [-0.3, -0.25) is 4.79 Å². The molecule has 92 valence electrons. The number of hydrogen-bond acceptors (Lipinski definition) is 2. The number of nitrogen functional groups attached to an aromatic ring is 1. The molecule has 0 spiro atoms. The van der Waals surface area contributed by atoms with Crippen molar-refractivity contribution in [1.82, 2.24) is 5.32 Å². The highest BCUT2D eigenvalue weighted by Crippen LogP contribution is 2.44. The molecule has 0 unspecified atom stereocenters. The van der Waals surface area contributed by atoms with Crippen molar-refractivity contribution >= 4 is 27.5 Å². The molecule has 3 N–H and O–H groups in total. The van der Waals surface area contributed by atoms with Crippen molar-refractivity contribution < 1.29 is 9.18 Å². The molecule has 3 nitrogen and oxygen atoms in total. The monoisotopic (exact) mass is 300 g/mol. The first-order valence-electron chi connectivity index (χ1n) is 5.44. The Morgan fingerprint density at radius 2 is 2.24 bits per heavy atom. The molecule has 1 aromatic rings. The minimum absolute atomic E-state index is 0.0176. The van der Waals surface area contributed by atoms with E-state index in [0.29, 0.717) is 16.6 Å².